The van der Waals surface area contributed by atoms with Crippen LogP contribution in [0.1, 0.15) is 43.4 Å². The maximum absolute atomic E-state index is 13.0. The van der Waals surface area contributed by atoms with Gasteiger partial charge in [0.15, 0.2) is 0 Å². The number of hydrogen-bond acceptors (Lipinski definition) is 5. The minimum Gasteiger partial charge on any atom is -0.324 e. The molecule has 1 N–H and O–H groups in total. The van der Waals surface area contributed by atoms with Crippen LogP contribution in [0.15, 0.2) is 47.4 Å². The minimum absolute atomic E-state index is 0.125. The molecule has 3 rings (SSSR count). The first kappa shape index (κ1) is 26.3. The van der Waals surface area contributed by atoms with Gasteiger partial charge in [-0.05, 0) is 48.6 Å². The number of rotatable bonds is 8. The molecule has 0 saturated carbocycles. The van der Waals surface area contributed by atoms with Gasteiger partial charge in [0.1, 0.15) is 0 Å². The number of anilines is 1. The van der Waals surface area contributed by atoms with E-state index in [1.165, 1.54) is 35.6 Å². The van der Waals surface area contributed by atoms with E-state index in [1.807, 2.05) is 13.8 Å². The molecule has 34 heavy (non-hydrogen) atoms. The summed E-state index contributed by atoms with van der Waals surface area (Å²) in [6, 6.07) is 13.4. The highest BCUT2D eigenvalue weighted by Crippen LogP contribution is 2.23. The van der Waals surface area contributed by atoms with Crippen molar-refractivity contribution in [1.29, 1.82) is 0 Å². The summed E-state index contributed by atoms with van der Waals surface area (Å²) in [7, 11) is -0.574. The first-order valence-electron chi connectivity index (χ1n) is 11.9. The Hall–Kier alpha value is -2.26. The largest absolute Gasteiger partial charge is 0.324 e. The van der Waals surface area contributed by atoms with Gasteiger partial charge < -0.3 is 5.32 Å². The summed E-state index contributed by atoms with van der Waals surface area (Å²) < 4.78 is 26.1. The molecular formula is C26H38N4O3S. The number of benzene rings is 2. The normalized spacial score (nSPS) is 16.7. The van der Waals surface area contributed by atoms with Crippen LogP contribution in [-0.4, -0.2) is 74.7 Å². The van der Waals surface area contributed by atoms with Crippen molar-refractivity contribution >= 4 is 21.6 Å². The number of nitrogens with one attached hydrogen (secondary N) is 1. The Balaban J connectivity index is 1.57. The molecule has 0 aromatic heterocycles. The Morgan fingerprint density at radius 3 is 2.18 bits per heavy atom. The van der Waals surface area contributed by atoms with Crippen molar-refractivity contribution < 1.29 is 13.2 Å². The van der Waals surface area contributed by atoms with Gasteiger partial charge in [0.2, 0.25) is 15.9 Å². The Labute approximate surface area is 204 Å². The van der Waals surface area contributed by atoms with Gasteiger partial charge in [-0.2, -0.15) is 0 Å². The number of hydrogen-bond donors (Lipinski definition) is 1. The van der Waals surface area contributed by atoms with Gasteiger partial charge in [-0.15, -0.1) is 0 Å². The number of carbonyl (C=O) groups excluding carboxylic acids is 1. The molecular weight excluding hydrogens is 448 g/mol. The fourth-order valence-corrected chi connectivity index (χ4v) is 5.01. The zero-order chi connectivity index (χ0) is 25.0. The zero-order valence-electron chi connectivity index (χ0n) is 21.2. The first-order chi connectivity index (χ1) is 16.0. The highest BCUT2D eigenvalue weighted by atomic mass is 32.2. The third kappa shape index (κ3) is 6.24. The number of amides is 1. The highest BCUT2D eigenvalue weighted by molar-refractivity contribution is 7.89. The van der Waals surface area contributed by atoms with E-state index in [4.69, 9.17) is 0 Å². The molecule has 186 valence electrons. The Kier molecular flexibility index (Phi) is 8.52. The Bertz CT molecular complexity index is 1090. The van der Waals surface area contributed by atoms with Crippen molar-refractivity contribution in [3.8, 4) is 0 Å². The van der Waals surface area contributed by atoms with Gasteiger partial charge >= 0.3 is 0 Å². The number of piperazine rings is 1. The second-order valence-corrected chi connectivity index (χ2v) is 11.8. The fourth-order valence-electron chi connectivity index (χ4n) is 4.08. The first-order valence-corrected chi connectivity index (χ1v) is 13.3. The predicted octanol–water partition coefficient (Wildman–Crippen LogP) is 3.51. The summed E-state index contributed by atoms with van der Waals surface area (Å²) in [4.78, 5) is 17.8. The minimum atomic E-state index is -3.57. The van der Waals surface area contributed by atoms with E-state index in [2.05, 4.69) is 53.2 Å². The van der Waals surface area contributed by atoms with Crippen LogP contribution in [-0.2, 0) is 21.4 Å². The summed E-state index contributed by atoms with van der Waals surface area (Å²) in [5.41, 5.74) is 4.02. The lowest BCUT2D eigenvalue weighted by Gasteiger charge is -2.37. The topological polar surface area (TPSA) is 73.0 Å². The van der Waals surface area contributed by atoms with Crippen LogP contribution in [0.3, 0.4) is 0 Å². The van der Waals surface area contributed by atoms with E-state index in [1.54, 1.807) is 12.1 Å². The number of sulfonamides is 1. The maximum Gasteiger partial charge on any atom is 0.242 e. The van der Waals surface area contributed by atoms with Crippen LogP contribution in [0.4, 0.5) is 5.69 Å². The molecule has 8 heteroatoms. The number of aryl methyl sites for hydroxylation is 1. The molecule has 2 aromatic rings. The molecule has 2 aromatic carbocycles. The highest BCUT2D eigenvalue weighted by Gasteiger charge is 2.26. The van der Waals surface area contributed by atoms with Crippen molar-refractivity contribution in [2.75, 3.05) is 45.6 Å². The molecule has 1 unspecified atom stereocenters. The molecule has 0 spiro atoms. The van der Waals surface area contributed by atoms with E-state index in [9.17, 15) is 13.2 Å². The van der Waals surface area contributed by atoms with Crippen molar-refractivity contribution in [1.82, 2.24) is 14.1 Å². The van der Waals surface area contributed by atoms with Gasteiger partial charge in [-0.1, -0.05) is 44.2 Å². The molecule has 0 bridgehead atoms. The van der Waals surface area contributed by atoms with Gasteiger partial charge in [-0.3, -0.25) is 14.6 Å². The Morgan fingerprint density at radius 2 is 1.62 bits per heavy atom. The molecule has 1 aliphatic heterocycles. The van der Waals surface area contributed by atoms with E-state index in [-0.39, 0.29) is 16.8 Å². The summed E-state index contributed by atoms with van der Waals surface area (Å²) in [6.07, 6.45) is 0. The van der Waals surface area contributed by atoms with Crippen LogP contribution < -0.4 is 5.32 Å². The van der Waals surface area contributed by atoms with Gasteiger partial charge in [0, 0.05) is 52.5 Å². The monoisotopic (exact) mass is 486 g/mol. The number of nitrogens with zero attached hydrogens (tertiary/aromatic N) is 3. The van der Waals surface area contributed by atoms with Crippen molar-refractivity contribution in [3.05, 3.63) is 59.2 Å². The molecule has 1 aliphatic rings. The molecule has 1 amide bonds. The summed E-state index contributed by atoms with van der Waals surface area (Å²) in [5, 5.41) is 2.95. The average Bonchev–Trinajstić information content (AvgIpc) is 2.80. The fraction of sp³-hybridized carbons (Fsp3) is 0.500. The smallest absolute Gasteiger partial charge is 0.242 e. The standard InChI is InChI=1S/C26H38N4O3S/c1-19(2)23-10-8-22(9-11-23)18-29-13-15-30(16-14-29)21(4)26(31)27-25-17-24(12-7-20(25)3)34(32,33)28(5)6/h7-12,17,19,21H,13-16,18H2,1-6H3,(H,27,31). The molecule has 0 radical (unpaired) electrons. The predicted molar refractivity (Wildman–Crippen MR) is 138 cm³/mol. The molecule has 1 saturated heterocycles. The maximum atomic E-state index is 13.0. The average molecular weight is 487 g/mol. The van der Waals surface area contributed by atoms with Crippen molar-refractivity contribution in [3.63, 3.8) is 0 Å². The summed E-state index contributed by atoms with van der Waals surface area (Å²) in [5.74, 6) is 0.411. The third-order valence-electron chi connectivity index (χ3n) is 6.63. The number of carbonyl (C=O) groups is 1. The molecule has 0 aliphatic carbocycles. The quantitative estimate of drug-likeness (QED) is 0.618. The van der Waals surface area contributed by atoms with Crippen LogP contribution in [0.25, 0.3) is 0 Å². The lowest BCUT2D eigenvalue weighted by atomic mass is 10.0. The van der Waals surface area contributed by atoms with E-state index in [0.29, 0.717) is 11.6 Å². The van der Waals surface area contributed by atoms with Crippen LogP contribution >= 0.6 is 0 Å². The summed E-state index contributed by atoms with van der Waals surface area (Å²) >= 11 is 0. The Morgan fingerprint density at radius 1 is 1.00 bits per heavy atom. The van der Waals surface area contributed by atoms with Crippen LogP contribution in [0.2, 0.25) is 0 Å². The van der Waals surface area contributed by atoms with E-state index < -0.39 is 10.0 Å². The summed E-state index contributed by atoms with van der Waals surface area (Å²) in [6.45, 7) is 12.5. The molecule has 1 fully saturated rings. The molecule has 1 heterocycles. The van der Waals surface area contributed by atoms with Gasteiger partial charge in [-0.25, -0.2) is 12.7 Å². The molecule has 7 nitrogen and oxygen atoms in total. The second-order valence-electron chi connectivity index (χ2n) is 9.64. The van der Waals surface area contributed by atoms with Crippen molar-refractivity contribution in [2.24, 2.45) is 0 Å². The van der Waals surface area contributed by atoms with Crippen LogP contribution in [0.5, 0.6) is 0 Å². The lowest BCUT2D eigenvalue weighted by Crippen LogP contribution is -2.52. The van der Waals surface area contributed by atoms with Crippen molar-refractivity contribution in [2.45, 2.75) is 51.1 Å². The van der Waals surface area contributed by atoms with E-state index >= 15 is 0 Å². The zero-order valence-corrected chi connectivity index (χ0v) is 22.0. The third-order valence-corrected chi connectivity index (χ3v) is 8.44. The van der Waals surface area contributed by atoms with Crippen LogP contribution in [0, 0.1) is 6.92 Å². The SMILES string of the molecule is Cc1ccc(S(=O)(=O)N(C)C)cc1NC(=O)C(C)N1CCN(Cc2ccc(C(C)C)cc2)CC1. The second kappa shape index (κ2) is 11.0. The van der Waals surface area contributed by atoms with E-state index in [0.717, 1.165) is 38.3 Å². The van der Waals surface area contributed by atoms with Gasteiger partial charge in [0.05, 0.1) is 10.9 Å². The van der Waals surface area contributed by atoms with Gasteiger partial charge in [0.25, 0.3) is 0 Å². The lowest BCUT2D eigenvalue weighted by molar-refractivity contribution is -0.121. The molecule has 1 atom stereocenters.